The van der Waals surface area contributed by atoms with Crippen molar-refractivity contribution in [2.45, 2.75) is 26.7 Å². The fraction of sp³-hybridized carbons (Fsp3) is 0.278. The number of rotatable bonds is 6. The molecule has 0 bridgehead atoms. The molecule has 2 aromatic rings. The van der Waals surface area contributed by atoms with Gasteiger partial charge in [0.05, 0.1) is 0 Å². The monoisotopic (exact) mass is 311 g/mol. The first-order valence-electron chi connectivity index (χ1n) is 7.64. The molecule has 5 nitrogen and oxygen atoms in total. The topological polar surface area (TPSA) is 71.1 Å². The van der Waals surface area contributed by atoms with E-state index in [1.165, 1.54) is 0 Å². The van der Waals surface area contributed by atoms with Crippen LogP contribution in [-0.2, 0) is 16.0 Å². The third kappa shape index (κ3) is 5.54. The molecule has 1 aromatic carbocycles. The van der Waals surface area contributed by atoms with Gasteiger partial charge in [-0.15, -0.1) is 0 Å². The van der Waals surface area contributed by atoms with Crippen molar-refractivity contribution in [2.24, 2.45) is 5.92 Å². The average Bonchev–Trinajstić information content (AvgIpc) is 2.55. The molecular formula is C18H21N3O2. The molecule has 2 amide bonds. The number of carbonyl (C=O) groups is 2. The van der Waals surface area contributed by atoms with Crippen LogP contribution in [0.25, 0.3) is 0 Å². The second-order valence-corrected chi connectivity index (χ2v) is 5.63. The number of aromatic nitrogens is 1. The van der Waals surface area contributed by atoms with Crippen molar-refractivity contribution in [1.82, 2.24) is 4.98 Å². The van der Waals surface area contributed by atoms with Gasteiger partial charge in [0.25, 0.3) is 0 Å². The number of carbonyl (C=O) groups excluding carboxylic acids is 2. The molecule has 1 aromatic heterocycles. The van der Waals surface area contributed by atoms with E-state index in [1.807, 2.05) is 26.0 Å². The van der Waals surface area contributed by atoms with Crippen LogP contribution in [0.15, 0.2) is 48.8 Å². The van der Waals surface area contributed by atoms with Crippen LogP contribution in [-0.4, -0.2) is 16.8 Å². The maximum absolute atomic E-state index is 11.9. The lowest BCUT2D eigenvalue weighted by Crippen LogP contribution is -2.17. The molecule has 0 aliphatic rings. The van der Waals surface area contributed by atoms with Crippen LogP contribution in [0.3, 0.4) is 0 Å². The Bertz CT molecular complexity index is 652. The first-order chi connectivity index (χ1) is 11.0. The van der Waals surface area contributed by atoms with Crippen molar-refractivity contribution in [3.63, 3.8) is 0 Å². The number of anilines is 2. The lowest BCUT2D eigenvalue weighted by atomic mass is 10.1. The van der Waals surface area contributed by atoms with Crippen molar-refractivity contribution >= 4 is 23.2 Å². The van der Waals surface area contributed by atoms with Crippen molar-refractivity contribution in [3.05, 3.63) is 54.4 Å². The van der Waals surface area contributed by atoms with Crippen molar-refractivity contribution in [2.75, 3.05) is 10.6 Å². The highest BCUT2D eigenvalue weighted by Crippen LogP contribution is 2.15. The van der Waals surface area contributed by atoms with Gasteiger partial charge in [-0.3, -0.25) is 14.6 Å². The Morgan fingerprint density at radius 1 is 1.04 bits per heavy atom. The van der Waals surface area contributed by atoms with Crippen molar-refractivity contribution < 1.29 is 9.59 Å². The Labute approximate surface area is 136 Å². The molecule has 0 saturated carbocycles. The zero-order valence-electron chi connectivity index (χ0n) is 13.4. The van der Waals surface area contributed by atoms with Gasteiger partial charge in [0, 0.05) is 36.1 Å². The minimum Gasteiger partial charge on any atom is -0.326 e. The fourth-order valence-electron chi connectivity index (χ4n) is 1.95. The summed E-state index contributed by atoms with van der Waals surface area (Å²) >= 11 is 0. The first kappa shape index (κ1) is 16.7. The van der Waals surface area contributed by atoms with E-state index in [9.17, 15) is 9.59 Å². The zero-order valence-corrected chi connectivity index (χ0v) is 13.4. The van der Waals surface area contributed by atoms with E-state index in [1.54, 1.807) is 36.7 Å². The van der Waals surface area contributed by atoms with Gasteiger partial charge in [-0.2, -0.15) is 0 Å². The molecule has 0 saturated heterocycles. The van der Waals surface area contributed by atoms with E-state index in [4.69, 9.17) is 0 Å². The predicted octanol–water partition coefficient (Wildman–Crippen LogP) is 3.25. The lowest BCUT2D eigenvalue weighted by Gasteiger charge is -2.09. The van der Waals surface area contributed by atoms with Crippen LogP contribution in [0.1, 0.15) is 25.8 Å². The van der Waals surface area contributed by atoms with Crippen LogP contribution < -0.4 is 10.6 Å². The second kappa shape index (κ2) is 8.08. The first-order valence-corrected chi connectivity index (χ1v) is 7.64. The fourth-order valence-corrected chi connectivity index (χ4v) is 1.95. The average molecular weight is 311 g/mol. The quantitative estimate of drug-likeness (QED) is 0.860. The molecule has 0 unspecified atom stereocenters. The largest absolute Gasteiger partial charge is 0.326 e. The SMILES string of the molecule is CC(C)C(=O)Nc1ccc(NC(=O)CCc2cccnc2)cc1. The van der Waals surface area contributed by atoms with Gasteiger partial charge in [0.2, 0.25) is 11.8 Å². The van der Waals surface area contributed by atoms with Gasteiger partial charge in [-0.25, -0.2) is 0 Å². The van der Waals surface area contributed by atoms with Crippen LogP contribution >= 0.6 is 0 Å². The molecule has 1 heterocycles. The van der Waals surface area contributed by atoms with Gasteiger partial charge >= 0.3 is 0 Å². The predicted molar refractivity (Wildman–Crippen MR) is 91.1 cm³/mol. The van der Waals surface area contributed by atoms with Crippen molar-refractivity contribution in [3.8, 4) is 0 Å². The van der Waals surface area contributed by atoms with E-state index in [0.29, 0.717) is 18.5 Å². The molecular weight excluding hydrogens is 290 g/mol. The third-order valence-corrected chi connectivity index (χ3v) is 3.32. The van der Waals surface area contributed by atoms with Crippen molar-refractivity contribution in [1.29, 1.82) is 0 Å². The Hall–Kier alpha value is -2.69. The van der Waals surface area contributed by atoms with Gasteiger partial charge in [0.15, 0.2) is 0 Å². The Kier molecular flexibility index (Phi) is 5.86. The molecule has 2 rings (SSSR count). The number of aryl methyl sites for hydroxylation is 1. The molecule has 0 radical (unpaired) electrons. The van der Waals surface area contributed by atoms with Gasteiger partial charge < -0.3 is 10.6 Å². The Balaban J connectivity index is 1.83. The van der Waals surface area contributed by atoms with E-state index < -0.39 is 0 Å². The summed E-state index contributed by atoms with van der Waals surface area (Å²) in [5.74, 6) is -0.145. The summed E-state index contributed by atoms with van der Waals surface area (Å²) in [5.41, 5.74) is 2.47. The normalized spacial score (nSPS) is 10.4. The molecule has 0 aliphatic heterocycles. The molecule has 2 N–H and O–H groups in total. The number of nitrogens with zero attached hydrogens (tertiary/aromatic N) is 1. The highest BCUT2D eigenvalue weighted by Gasteiger charge is 2.07. The number of benzene rings is 1. The van der Waals surface area contributed by atoms with Crippen LogP contribution in [0.5, 0.6) is 0 Å². The van der Waals surface area contributed by atoms with E-state index in [2.05, 4.69) is 15.6 Å². The standard InChI is InChI=1S/C18H21N3O2/c1-13(2)18(23)21-16-8-6-15(7-9-16)20-17(22)10-5-14-4-3-11-19-12-14/h3-4,6-9,11-13H,5,10H2,1-2H3,(H,20,22)(H,21,23). The molecule has 0 aliphatic carbocycles. The molecule has 23 heavy (non-hydrogen) atoms. The summed E-state index contributed by atoms with van der Waals surface area (Å²) in [6.07, 6.45) is 4.53. The number of pyridine rings is 1. The highest BCUT2D eigenvalue weighted by molar-refractivity contribution is 5.93. The molecule has 120 valence electrons. The number of amides is 2. The minimum atomic E-state index is -0.0677. The summed E-state index contributed by atoms with van der Waals surface area (Å²) in [6, 6.07) is 10.9. The van der Waals surface area contributed by atoms with E-state index in [0.717, 1.165) is 11.3 Å². The summed E-state index contributed by atoms with van der Waals surface area (Å²) < 4.78 is 0. The van der Waals surface area contributed by atoms with Gasteiger partial charge in [0.1, 0.15) is 0 Å². The van der Waals surface area contributed by atoms with E-state index in [-0.39, 0.29) is 17.7 Å². The number of nitrogens with one attached hydrogen (secondary N) is 2. The summed E-state index contributed by atoms with van der Waals surface area (Å²) in [4.78, 5) is 27.6. The van der Waals surface area contributed by atoms with Crippen LogP contribution in [0.4, 0.5) is 11.4 Å². The minimum absolute atomic E-state index is 0.0294. The van der Waals surface area contributed by atoms with Gasteiger partial charge in [-0.1, -0.05) is 19.9 Å². The zero-order chi connectivity index (χ0) is 16.7. The highest BCUT2D eigenvalue weighted by atomic mass is 16.2. The summed E-state index contributed by atoms with van der Waals surface area (Å²) in [6.45, 7) is 3.68. The molecule has 0 spiro atoms. The molecule has 5 heteroatoms. The number of hydrogen-bond donors (Lipinski definition) is 2. The number of hydrogen-bond acceptors (Lipinski definition) is 3. The maximum atomic E-state index is 11.9. The maximum Gasteiger partial charge on any atom is 0.226 e. The smallest absolute Gasteiger partial charge is 0.226 e. The summed E-state index contributed by atoms with van der Waals surface area (Å²) in [5, 5.41) is 5.65. The summed E-state index contributed by atoms with van der Waals surface area (Å²) in [7, 11) is 0. The van der Waals surface area contributed by atoms with Crippen LogP contribution in [0, 0.1) is 5.92 Å². The molecule has 0 atom stereocenters. The van der Waals surface area contributed by atoms with Gasteiger partial charge in [-0.05, 0) is 42.3 Å². The van der Waals surface area contributed by atoms with Crippen LogP contribution in [0.2, 0.25) is 0 Å². The second-order valence-electron chi connectivity index (χ2n) is 5.63. The third-order valence-electron chi connectivity index (χ3n) is 3.32. The Morgan fingerprint density at radius 3 is 2.26 bits per heavy atom. The molecule has 0 fully saturated rings. The lowest BCUT2D eigenvalue weighted by molar-refractivity contribution is -0.119. The van der Waals surface area contributed by atoms with E-state index >= 15 is 0 Å². The Morgan fingerprint density at radius 2 is 1.70 bits per heavy atom.